The second-order valence-electron chi connectivity index (χ2n) is 9.42. The standard InChI is InChI=1S/C30H32BrFN2O3/c31-24-13-9-12-23(18-24)20-34(29(35)21-37-28-17-8-7-16-26(28)32)27(19-22-10-3-1-4-11-22)30(36)33-25-14-5-2-6-15-25/h1,3-4,7-13,16-18,25,27H,2,5-6,14-15,19-21H2,(H,33,36)/t27-/m0/s1. The van der Waals surface area contributed by atoms with Crippen LogP contribution in [-0.2, 0) is 22.6 Å². The number of para-hydroxylation sites is 1. The summed E-state index contributed by atoms with van der Waals surface area (Å²) in [4.78, 5) is 28.9. The van der Waals surface area contributed by atoms with Crippen molar-refractivity contribution in [2.24, 2.45) is 0 Å². The first-order chi connectivity index (χ1) is 18.0. The lowest BCUT2D eigenvalue weighted by atomic mass is 9.94. The van der Waals surface area contributed by atoms with Gasteiger partial charge in [0.15, 0.2) is 18.2 Å². The zero-order valence-corrected chi connectivity index (χ0v) is 22.3. The number of benzene rings is 3. The molecular weight excluding hydrogens is 535 g/mol. The average molecular weight is 567 g/mol. The molecule has 0 aliphatic heterocycles. The molecule has 0 unspecified atom stereocenters. The van der Waals surface area contributed by atoms with Crippen LogP contribution in [0.5, 0.6) is 5.75 Å². The molecule has 0 saturated heterocycles. The van der Waals surface area contributed by atoms with Crippen LogP contribution in [0.1, 0.15) is 43.2 Å². The first-order valence-electron chi connectivity index (χ1n) is 12.7. The zero-order chi connectivity index (χ0) is 26.0. The van der Waals surface area contributed by atoms with Crippen molar-refractivity contribution in [1.29, 1.82) is 0 Å². The molecule has 1 aliphatic rings. The zero-order valence-electron chi connectivity index (χ0n) is 20.7. The van der Waals surface area contributed by atoms with Crippen molar-refractivity contribution < 1.29 is 18.7 Å². The van der Waals surface area contributed by atoms with Crippen molar-refractivity contribution in [3.8, 4) is 5.75 Å². The number of halogens is 2. The number of hydrogen-bond acceptors (Lipinski definition) is 3. The van der Waals surface area contributed by atoms with Gasteiger partial charge in [0.1, 0.15) is 6.04 Å². The van der Waals surface area contributed by atoms with Gasteiger partial charge in [-0.15, -0.1) is 0 Å². The molecule has 5 nitrogen and oxygen atoms in total. The number of ether oxygens (including phenoxy) is 1. The first-order valence-corrected chi connectivity index (χ1v) is 13.5. The molecule has 1 fully saturated rings. The van der Waals surface area contributed by atoms with Crippen molar-refractivity contribution >= 4 is 27.7 Å². The summed E-state index contributed by atoms with van der Waals surface area (Å²) in [5, 5.41) is 3.21. The van der Waals surface area contributed by atoms with E-state index in [4.69, 9.17) is 4.74 Å². The van der Waals surface area contributed by atoms with E-state index >= 15 is 0 Å². The van der Waals surface area contributed by atoms with Gasteiger partial charge in [-0.25, -0.2) is 4.39 Å². The van der Waals surface area contributed by atoms with Gasteiger partial charge >= 0.3 is 0 Å². The van der Waals surface area contributed by atoms with Gasteiger partial charge in [-0.3, -0.25) is 9.59 Å². The summed E-state index contributed by atoms with van der Waals surface area (Å²) < 4.78 is 20.6. The van der Waals surface area contributed by atoms with Gasteiger partial charge in [-0.2, -0.15) is 0 Å². The van der Waals surface area contributed by atoms with Crippen molar-refractivity contribution in [3.63, 3.8) is 0 Å². The fraction of sp³-hybridized carbons (Fsp3) is 0.333. The molecule has 0 radical (unpaired) electrons. The Bertz CT molecular complexity index is 1180. The van der Waals surface area contributed by atoms with Gasteiger partial charge in [-0.05, 0) is 48.2 Å². The van der Waals surface area contributed by atoms with Crippen molar-refractivity contribution in [2.75, 3.05) is 6.61 Å². The van der Waals surface area contributed by atoms with E-state index in [1.165, 1.54) is 18.6 Å². The summed E-state index contributed by atoms with van der Waals surface area (Å²) in [6, 6.07) is 22.7. The Labute approximate surface area is 226 Å². The Hall–Kier alpha value is -3.19. The van der Waals surface area contributed by atoms with Crippen LogP contribution in [-0.4, -0.2) is 35.4 Å². The Morgan fingerprint density at radius 2 is 1.65 bits per heavy atom. The molecule has 1 atom stereocenters. The Morgan fingerprint density at radius 1 is 0.946 bits per heavy atom. The third-order valence-corrected chi connectivity index (χ3v) is 7.15. The summed E-state index contributed by atoms with van der Waals surface area (Å²) in [7, 11) is 0. The fourth-order valence-electron chi connectivity index (χ4n) is 4.71. The molecule has 1 aliphatic carbocycles. The fourth-order valence-corrected chi connectivity index (χ4v) is 5.16. The topological polar surface area (TPSA) is 58.6 Å². The third-order valence-electron chi connectivity index (χ3n) is 6.65. The molecule has 0 aromatic heterocycles. The van der Waals surface area contributed by atoms with Crippen LogP contribution >= 0.6 is 15.9 Å². The van der Waals surface area contributed by atoms with Crippen LogP contribution in [0, 0.1) is 5.82 Å². The molecule has 3 aromatic rings. The minimum absolute atomic E-state index is 0.00419. The van der Waals surface area contributed by atoms with Crippen LogP contribution < -0.4 is 10.1 Å². The SMILES string of the molecule is O=C(NC1CCCCC1)[C@H](Cc1ccccc1)N(Cc1cccc(Br)c1)C(=O)COc1ccccc1F. The minimum Gasteiger partial charge on any atom is -0.481 e. The second kappa shape index (κ2) is 13.4. The van der Waals surface area contributed by atoms with Gasteiger partial charge in [0.05, 0.1) is 0 Å². The molecule has 4 rings (SSSR count). The summed E-state index contributed by atoms with van der Waals surface area (Å²) in [5.74, 6) is -1.10. The Balaban J connectivity index is 1.62. The lowest BCUT2D eigenvalue weighted by Crippen LogP contribution is -2.53. The molecule has 3 aromatic carbocycles. The molecule has 0 heterocycles. The van der Waals surface area contributed by atoms with E-state index in [1.807, 2.05) is 54.6 Å². The molecule has 194 valence electrons. The summed E-state index contributed by atoms with van der Waals surface area (Å²) in [6.45, 7) is -0.161. The summed E-state index contributed by atoms with van der Waals surface area (Å²) in [6.07, 6.45) is 5.61. The Morgan fingerprint density at radius 3 is 2.38 bits per heavy atom. The van der Waals surface area contributed by atoms with E-state index in [1.54, 1.807) is 17.0 Å². The van der Waals surface area contributed by atoms with Gasteiger partial charge in [0.2, 0.25) is 5.91 Å². The largest absolute Gasteiger partial charge is 0.481 e. The van der Waals surface area contributed by atoms with E-state index in [0.717, 1.165) is 41.3 Å². The number of nitrogens with one attached hydrogen (secondary N) is 1. The smallest absolute Gasteiger partial charge is 0.261 e. The maximum Gasteiger partial charge on any atom is 0.261 e. The predicted molar refractivity (Wildman–Crippen MR) is 146 cm³/mol. The number of hydrogen-bond donors (Lipinski definition) is 1. The highest BCUT2D eigenvalue weighted by Gasteiger charge is 2.32. The van der Waals surface area contributed by atoms with Crippen LogP contribution in [0.15, 0.2) is 83.3 Å². The minimum atomic E-state index is -0.750. The number of carbonyl (C=O) groups is 2. The first kappa shape index (κ1) is 26.9. The van der Waals surface area contributed by atoms with Gasteiger partial charge in [0, 0.05) is 23.5 Å². The van der Waals surface area contributed by atoms with E-state index < -0.39 is 11.9 Å². The van der Waals surface area contributed by atoms with Crippen molar-refractivity contribution in [2.45, 2.75) is 57.2 Å². The van der Waals surface area contributed by atoms with Crippen LogP contribution in [0.2, 0.25) is 0 Å². The van der Waals surface area contributed by atoms with E-state index in [9.17, 15) is 14.0 Å². The molecule has 0 bridgehead atoms. The molecule has 1 saturated carbocycles. The van der Waals surface area contributed by atoms with Gasteiger partial charge < -0.3 is 15.0 Å². The van der Waals surface area contributed by atoms with Gasteiger partial charge in [0.25, 0.3) is 5.91 Å². The highest BCUT2D eigenvalue weighted by Crippen LogP contribution is 2.21. The molecule has 0 spiro atoms. The van der Waals surface area contributed by atoms with E-state index in [0.29, 0.717) is 6.42 Å². The average Bonchev–Trinajstić information content (AvgIpc) is 2.91. The van der Waals surface area contributed by atoms with Crippen LogP contribution in [0.4, 0.5) is 4.39 Å². The third kappa shape index (κ3) is 7.89. The van der Waals surface area contributed by atoms with Gasteiger partial charge in [-0.1, -0.05) is 89.8 Å². The molecule has 1 N–H and O–H groups in total. The Kier molecular flexibility index (Phi) is 9.71. The quantitative estimate of drug-likeness (QED) is 0.324. The highest BCUT2D eigenvalue weighted by atomic mass is 79.9. The number of carbonyl (C=O) groups excluding carboxylic acids is 2. The molecule has 2 amide bonds. The number of nitrogens with zero attached hydrogens (tertiary/aromatic N) is 1. The lowest BCUT2D eigenvalue weighted by Gasteiger charge is -2.33. The maximum absolute atomic E-state index is 14.1. The lowest BCUT2D eigenvalue weighted by molar-refractivity contribution is -0.143. The van der Waals surface area contributed by atoms with Crippen LogP contribution in [0.3, 0.4) is 0 Å². The van der Waals surface area contributed by atoms with Crippen molar-refractivity contribution in [3.05, 3.63) is 100 Å². The van der Waals surface area contributed by atoms with E-state index in [2.05, 4.69) is 21.2 Å². The molecule has 37 heavy (non-hydrogen) atoms. The molecule has 7 heteroatoms. The monoisotopic (exact) mass is 566 g/mol. The molecular formula is C30H32BrFN2O3. The number of amides is 2. The highest BCUT2D eigenvalue weighted by molar-refractivity contribution is 9.10. The van der Waals surface area contributed by atoms with E-state index in [-0.39, 0.29) is 36.8 Å². The summed E-state index contributed by atoms with van der Waals surface area (Å²) >= 11 is 3.49. The van der Waals surface area contributed by atoms with Crippen LogP contribution in [0.25, 0.3) is 0 Å². The second-order valence-corrected chi connectivity index (χ2v) is 10.3. The normalized spacial score (nSPS) is 14.5. The predicted octanol–water partition coefficient (Wildman–Crippen LogP) is 6.06. The maximum atomic E-state index is 14.1. The number of rotatable bonds is 10. The van der Waals surface area contributed by atoms with Crippen molar-refractivity contribution in [1.82, 2.24) is 10.2 Å². The summed E-state index contributed by atoms with van der Waals surface area (Å²) in [5.41, 5.74) is 1.82.